The standard InChI is InChI=1S/C22H22N2/c1-17-11-12-22(13-17,16-23)20-15-24(14-18-7-3-2-4-8-18)21-10-6-5-9-19(20)21/h2-10,15,17H,11-14H2,1H3. The number of para-hydroxylation sites is 1. The summed E-state index contributed by atoms with van der Waals surface area (Å²) in [4.78, 5) is 0. The maximum atomic E-state index is 9.99. The van der Waals surface area contributed by atoms with Gasteiger partial charge in [0.1, 0.15) is 0 Å². The summed E-state index contributed by atoms with van der Waals surface area (Å²) in [5.41, 5.74) is 3.42. The fraction of sp³-hybridized carbons (Fsp3) is 0.318. The number of fused-ring (bicyclic) bond motifs is 1. The van der Waals surface area contributed by atoms with E-state index in [1.807, 2.05) is 6.07 Å². The molecule has 1 aliphatic carbocycles. The second kappa shape index (κ2) is 5.83. The molecular weight excluding hydrogens is 292 g/mol. The average Bonchev–Trinajstić information content (AvgIpc) is 3.18. The van der Waals surface area contributed by atoms with Crippen LogP contribution in [-0.2, 0) is 12.0 Å². The average molecular weight is 314 g/mol. The lowest BCUT2D eigenvalue weighted by atomic mass is 9.79. The van der Waals surface area contributed by atoms with Gasteiger partial charge in [-0.1, -0.05) is 55.5 Å². The predicted octanol–water partition coefficient (Wildman–Crippen LogP) is 5.27. The van der Waals surface area contributed by atoms with E-state index in [9.17, 15) is 5.26 Å². The SMILES string of the molecule is CC1CCC(C#N)(c2cn(Cc3ccccc3)c3ccccc23)C1. The van der Waals surface area contributed by atoms with Crippen LogP contribution in [0.25, 0.3) is 10.9 Å². The van der Waals surface area contributed by atoms with Gasteiger partial charge in [0, 0.05) is 23.6 Å². The molecule has 4 rings (SSSR count). The maximum absolute atomic E-state index is 9.99. The van der Waals surface area contributed by atoms with Crippen LogP contribution in [0.3, 0.4) is 0 Å². The third kappa shape index (κ3) is 2.41. The fourth-order valence-corrected chi connectivity index (χ4v) is 4.24. The second-order valence-corrected chi connectivity index (χ2v) is 7.22. The molecule has 0 saturated heterocycles. The van der Waals surface area contributed by atoms with Crippen LogP contribution in [0, 0.1) is 17.2 Å². The lowest BCUT2D eigenvalue weighted by molar-refractivity contribution is 0.533. The molecule has 2 aromatic carbocycles. The van der Waals surface area contributed by atoms with Crippen molar-refractivity contribution in [2.75, 3.05) is 0 Å². The Labute approximate surface area is 143 Å². The van der Waals surface area contributed by atoms with E-state index >= 15 is 0 Å². The van der Waals surface area contributed by atoms with Gasteiger partial charge in [-0.15, -0.1) is 0 Å². The normalized spacial score (nSPS) is 23.4. The highest BCUT2D eigenvalue weighted by atomic mass is 15.0. The van der Waals surface area contributed by atoms with E-state index in [0.717, 1.165) is 25.8 Å². The molecule has 2 atom stereocenters. The van der Waals surface area contributed by atoms with Gasteiger partial charge >= 0.3 is 0 Å². The zero-order valence-electron chi connectivity index (χ0n) is 14.1. The van der Waals surface area contributed by atoms with E-state index < -0.39 is 0 Å². The first-order valence-corrected chi connectivity index (χ1v) is 8.75. The maximum Gasteiger partial charge on any atom is 0.0845 e. The molecule has 2 heteroatoms. The first-order valence-electron chi connectivity index (χ1n) is 8.75. The Balaban J connectivity index is 1.84. The molecule has 0 radical (unpaired) electrons. The van der Waals surface area contributed by atoms with E-state index in [-0.39, 0.29) is 5.41 Å². The third-order valence-corrected chi connectivity index (χ3v) is 5.47. The van der Waals surface area contributed by atoms with Crippen LogP contribution in [0.4, 0.5) is 0 Å². The zero-order valence-corrected chi connectivity index (χ0v) is 14.1. The third-order valence-electron chi connectivity index (χ3n) is 5.47. The summed E-state index contributed by atoms with van der Waals surface area (Å²) in [5.74, 6) is 0.626. The van der Waals surface area contributed by atoms with Gasteiger partial charge in [-0.2, -0.15) is 5.26 Å². The minimum absolute atomic E-state index is 0.318. The van der Waals surface area contributed by atoms with E-state index in [4.69, 9.17) is 0 Å². The molecule has 0 amide bonds. The lowest BCUT2D eigenvalue weighted by Crippen LogP contribution is -2.19. The first-order chi connectivity index (χ1) is 11.7. The van der Waals surface area contributed by atoms with Crippen LogP contribution in [0.15, 0.2) is 60.8 Å². The molecule has 1 heterocycles. The molecular formula is C22H22N2. The number of nitriles is 1. The van der Waals surface area contributed by atoms with Gasteiger partial charge in [0.2, 0.25) is 0 Å². The Morgan fingerprint density at radius 3 is 2.58 bits per heavy atom. The minimum atomic E-state index is -0.318. The summed E-state index contributed by atoms with van der Waals surface area (Å²) >= 11 is 0. The van der Waals surface area contributed by atoms with Crippen molar-refractivity contribution >= 4 is 10.9 Å². The van der Waals surface area contributed by atoms with Crippen LogP contribution < -0.4 is 0 Å². The second-order valence-electron chi connectivity index (χ2n) is 7.22. The number of hydrogen-bond donors (Lipinski definition) is 0. The van der Waals surface area contributed by atoms with Crippen LogP contribution >= 0.6 is 0 Å². The number of aromatic nitrogens is 1. The zero-order chi connectivity index (χ0) is 16.6. The van der Waals surface area contributed by atoms with Gasteiger partial charge in [-0.3, -0.25) is 0 Å². The van der Waals surface area contributed by atoms with Gasteiger partial charge in [0.15, 0.2) is 0 Å². The quantitative estimate of drug-likeness (QED) is 0.647. The van der Waals surface area contributed by atoms with Crippen LogP contribution in [0.2, 0.25) is 0 Å². The predicted molar refractivity (Wildman–Crippen MR) is 97.8 cm³/mol. The monoisotopic (exact) mass is 314 g/mol. The largest absolute Gasteiger partial charge is 0.343 e. The van der Waals surface area contributed by atoms with Crippen molar-refractivity contribution in [1.82, 2.24) is 4.57 Å². The van der Waals surface area contributed by atoms with Gasteiger partial charge in [-0.25, -0.2) is 0 Å². The summed E-state index contributed by atoms with van der Waals surface area (Å²) in [6.45, 7) is 3.11. The summed E-state index contributed by atoms with van der Waals surface area (Å²) < 4.78 is 2.31. The number of nitrogens with zero attached hydrogens (tertiary/aromatic N) is 2. The van der Waals surface area contributed by atoms with Crippen LogP contribution in [-0.4, -0.2) is 4.57 Å². The smallest absolute Gasteiger partial charge is 0.0845 e. The minimum Gasteiger partial charge on any atom is -0.343 e. The van der Waals surface area contributed by atoms with Gasteiger partial charge < -0.3 is 4.57 Å². The van der Waals surface area contributed by atoms with E-state index in [0.29, 0.717) is 5.92 Å². The Bertz CT molecular complexity index is 901. The molecule has 1 fully saturated rings. The highest BCUT2D eigenvalue weighted by Gasteiger charge is 2.41. The molecule has 1 aliphatic rings. The molecule has 2 nitrogen and oxygen atoms in total. The van der Waals surface area contributed by atoms with E-state index in [1.54, 1.807) is 0 Å². The Morgan fingerprint density at radius 2 is 1.88 bits per heavy atom. The molecule has 1 aromatic heterocycles. The Morgan fingerprint density at radius 1 is 1.12 bits per heavy atom. The molecule has 1 saturated carbocycles. The summed E-state index contributed by atoms with van der Waals surface area (Å²) in [5, 5.41) is 11.2. The van der Waals surface area contributed by atoms with Crippen molar-refractivity contribution in [2.24, 2.45) is 5.92 Å². The van der Waals surface area contributed by atoms with Crippen LogP contribution in [0.5, 0.6) is 0 Å². The number of rotatable bonds is 3. The van der Waals surface area contributed by atoms with Crippen molar-refractivity contribution in [1.29, 1.82) is 5.26 Å². The summed E-state index contributed by atoms with van der Waals surface area (Å²) in [7, 11) is 0. The molecule has 120 valence electrons. The number of hydrogen-bond acceptors (Lipinski definition) is 1. The van der Waals surface area contributed by atoms with Crippen molar-refractivity contribution in [3.05, 3.63) is 71.9 Å². The van der Waals surface area contributed by atoms with Gasteiger partial charge in [-0.05, 0) is 42.4 Å². The highest BCUT2D eigenvalue weighted by Crippen LogP contribution is 2.46. The summed E-state index contributed by atoms with van der Waals surface area (Å²) in [6.07, 6.45) is 5.33. The van der Waals surface area contributed by atoms with Crippen molar-refractivity contribution < 1.29 is 0 Å². The number of benzene rings is 2. The highest BCUT2D eigenvalue weighted by molar-refractivity contribution is 5.85. The van der Waals surface area contributed by atoms with Crippen molar-refractivity contribution in [3.8, 4) is 6.07 Å². The molecule has 0 aliphatic heterocycles. The van der Waals surface area contributed by atoms with Gasteiger partial charge in [0.25, 0.3) is 0 Å². The molecule has 0 bridgehead atoms. The molecule has 0 spiro atoms. The lowest BCUT2D eigenvalue weighted by Gasteiger charge is -2.20. The summed E-state index contributed by atoms with van der Waals surface area (Å²) in [6, 6.07) is 21.7. The van der Waals surface area contributed by atoms with E-state index in [1.165, 1.54) is 22.0 Å². The topological polar surface area (TPSA) is 28.7 Å². The van der Waals surface area contributed by atoms with Crippen molar-refractivity contribution in [3.63, 3.8) is 0 Å². The van der Waals surface area contributed by atoms with Crippen LogP contribution in [0.1, 0.15) is 37.3 Å². The van der Waals surface area contributed by atoms with Gasteiger partial charge in [0.05, 0.1) is 11.5 Å². The Kier molecular flexibility index (Phi) is 3.65. The molecule has 24 heavy (non-hydrogen) atoms. The Hall–Kier alpha value is -2.53. The molecule has 3 aromatic rings. The molecule has 0 N–H and O–H groups in total. The fourth-order valence-electron chi connectivity index (χ4n) is 4.24. The van der Waals surface area contributed by atoms with Crippen molar-refractivity contribution in [2.45, 2.75) is 38.1 Å². The van der Waals surface area contributed by atoms with E-state index in [2.05, 4.69) is 72.3 Å². The molecule has 2 unspecified atom stereocenters. The first kappa shape index (κ1) is 15.0.